The first-order valence-corrected chi connectivity index (χ1v) is 7.29. The summed E-state index contributed by atoms with van der Waals surface area (Å²) < 4.78 is 40.0. The van der Waals surface area contributed by atoms with E-state index in [1.165, 1.54) is 24.4 Å². The highest BCUT2D eigenvalue weighted by Gasteiger charge is 2.21. The van der Waals surface area contributed by atoms with Crippen molar-refractivity contribution in [3.63, 3.8) is 0 Å². The van der Waals surface area contributed by atoms with Gasteiger partial charge in [0.2, 0.25) is 0 Å². The highest BCUT2D eigenvalue weighted by Crippen LogP contribution is 2.25. The SMILES string of the molecule is O=S(=O)(Nc1ncccc1O)c1ccc(Br)cc1F. The van der Waals surface area contributed by atoms with Crippen LogP contribution in [-0.2, 0) is 10.0 Å². The van der Waals surface area contributed by atoms with Gasteiger partial charge in [0.15, 0.2) is 11.6 Å². The third-order valence-corrected chi connectivity index (χ3v) is 4.07. The van der Waals surface area contributed by atoms with Gasteiger partial charge in [-0.2, -0.15) is 0 Å². The Labute approximate surface area is 117 Å². The number of anilines is 1. The van der Waals surface area contributed by atoms with Crippen molar-refractivity contribution in [3.05, 3.63) is 46.8 Å². The molecule has 0 aliphatic rings. The second-order valence-corrected chi connectivity index (χ2v) is 6.12. The van der Waals surface area contributed by atoms with Crippen LogP contribution in [0, 0.1) is 5.82 Å². The Balaban J connectivity index is 2.41. The van der Waals surface area contributed by atoms with Gasteiger partial charge in [0, 0.05) is 10.7 Å². The lowest BCUT2D eigenvalue weighted by molar-refractivity contribution is 0.475. The van der Waals surface area contributed by atoms with E-state index in [1.54, 1.807) is 0 Å². The Morgan fingerprint density at radius 1 is 1.32 bits per heavy atom. The normalized spacial score (nSPS) is 11.3. The summed E-state index contributed by atoms with van der Waals surface area (Å²) in [4.78, 5) is 3.14. The van der Waals surface area contributed by atoms with Crippen LogP contribution in [0.15, 0.2) is 45.9 Å². The highest BCUT2D eigenvalue weighted by molar-refractivity contribution is 9.10. The lowest BCUT2D eigenvalue weighted by atomic mass is 10.3. The molecule has 1 aromatic heterocycles. The maximum Gasteiger partial charge on any atom is 0.266 e. The first kappa shape index (κ1) is 13.8. The summed E-state index contributed by atoms with van der Waals surface area (Å²) in [5.41, 5.74) is 0. The van der Waals surface area contributed by atoms with Crippen molar-refractivity contribution >= 4 is 31.8 Å². The van der Waals surface area contributed by atoms with Crippen LogP contribution in [0.25, 0.3) is 0 Å². The van der Waals surface area contributed by atoms with E-state index in [0.717, 1.165) is 12.1 Å². The summed E-state index contributed by atoms with van der Waals surface area (Å²) in [6.07, 6.45) is 1.30. The van der Waals surface area contributed by atoms with E-state index in [-0.39, 0.29) is 11.6 Å². The summed E-state index contributed by atoms with van der Waals surface area (Å²) >= 11 is 3.03. The van der Waals surface area contributed by atoms with Gasteiger partial charge >= 0.3 is 0 Å². The van der Waals surface area contributed by atoms with Gasteiger partial charge in [-0.3, -0.25) is 4.72 Å². The Morgan fingerprint density at radius 2 is 2.05 bits per heavy atom. The molecule has 5 nitrogen and oxygen atoms in total. The molecule has 0 radical (unpaired) electrons. The maximum atomic E-state index is 13.6. The third-order valence-electron chi connectivity index (χ3n) is 2.20. The summed E-state index contributed by atoms with van der Waals surface area (Å²) in [5, 5.41) is 9.44. The van der Waals surface area contributed by atoms with E-state index in [2.05, 4.69) is 20.9 Å². The minimum Gasteiger partial charge on any atom is -0.504 e. The van der Waals surface area contributed by atoms with Gasteiger partial charge in [0.1, 0.15) is 10.7 Å². The molecule has 8 heteroatoms. The van der Waals surface area contributed by atoms with Crippen LogP contribution in [0.2, 0.25) is 0 Å². The first-order valence-electron chi connectivity index (χ1n) is 5.02. The van der Waals surface area contributed by atoms with Crippen LogP contribution in [0.4, 0.5) is 10.2 Å². The lowest BCUT2D eigenvalue weighted by Crippen LogP contribution is -2.15. The van der Waals surface area contributed by atoms with Gasteiger partial charge in [-0.1, -0.05) is 15.9 Å². The molecule has 0 amide bonds. The molecule has 1 aromatic carbocycles. The molecule has 2 N–H and O–H groups in total. The maximum absolute atomic E-state index is 13.6. The quantitative estimate of drug-likeness (QED) is 0.894. The summed E-state index contributed by atoms with van der Waals surface area (Å²) in [5.74, 6) is -1.51. The number of hydrogen-bond acceptors (Lipinski definition) is 4. The Hall–Kier alpha value is -1.67. The van der Waals surface area contributed by atoms with Crippen molar-refractivity contribution in [1.29, 1.82) is 0 Å². The number of halogens is 2. The molecule has 0 saturated heterocycles. The van der Waals surface area contributed by atoms with Gasteiger partial charge < -0.3 is 5.11 Å². The van der Waals surface area contributed by atoms with Crippen LogP contribution in [0.3, 0.4) is 0 Å². The van der Waals surface area contributed by atoms with Crippen LogP contribution >= 0.6 is 15.9 Å². The van der Waals surface area contributed by atoms with Crippen LogP contribution < -0.4 is 4.72 Å². The van der Waals surface area contributed by atoms with E-state index in [9.17, 15) is 17.9 Å². The van der Waals surface area contributed by atoms with E-state index in [0.29, 0.717) is 4.47 Å². The van der Waals surface area contributed by atoms with Gasteiger partial charge in [-0.15, -0.1) is 0 Å². The van der Waals surface area contributed by atoms with E-state index in [1.807, 2.05) is 4.72 Å². The van der Waals surface area contributed by atoms with Crippen LogP contribution in [-0.4, -0.2) is 18.5 Å². The molecular weight excluding hydrogens is 339 g/mol. The van der Waals surface area contributed by atoms with Gasteiger partial charge in [0.05, 0.1) is 0 Å². The number of hydrogen-bond donors (Lipinski definition) is 2. The average molecular weight is 347 g/mol. The summed E-state index contributed by atoms with van der Waals surface area (Å²) in [6.45, 7) is 0. The molecule has 0 aliphatic carbocycles. The fourth-order valence-electron chi connectivity index (χ4n) is 1.35. The molecule has 0 saturated carbocycles. The molecule has 2 aromatic rings. The monoisotopic (exact) mass is 346 g/mol. The van der Waals surface area contributed by atoms with E-state index >= 15 is 0 Å². The van der Waals surface area contributed by atoms with Gasteiger partial charge in [-0.05, 0) is 30.3 Å². The van der Waals surface area contributed by atoms with Crippen LogP contribution in [0.5, 0.6) is 5.75 Å². The van der Waals surface area contributed by atoms with Crippen LogP contribution in [0.1, 0.15) is 0 Å². The molecule has 0 spiro atoms. The topological polar surface area (TPSA) is 79.3 Å². The molecule has 100 valence electrons. The third kappa shape index (κ3) is 3.02. The number of nitrogens with zero attached hydrogens (tertiary/aromatic N) is 1. The highest BCUT2D eigenvalue weighted by atomic mass is 79.9. The largest absolute Gasteiger partial charge is 0.504 e. The fraction of sp³-hybridized carbons (Fsp3) is 0. The summed E-state index contributed by atoms with van der Waals surface area (Å²) in [7, 11) is -4.15. The van der Waals surface area contributed by atoms with Gasteiger partial charge in [0.25, 0.3) is 10.0 Å². The molecule has 0 aliphatic heterocycles. The molecule has 19 heavy (non-hydrogen) atoms. The Morgan fingerprint density at radius 3 is 2.68 bits per heavy atom. The number of aromatic hydroxyl groups is 1. The van der Waals surface area contributed by atoms with Crippen molar-refractivity contribution in [1.82, 2.24) is 4.98 Å². The second kappa shape index (κ2) is 5.14. The zero-order valence-corrected chi connectivity index (χ0v) is 11.7. The second-order valence-electron chi connectivity index (χ2n) is 3.55. The van der Waals surface area contributed by atoms with Crippen molar-refractivity contribution in [2.75, 3.05) is 4.72 Å². The Kier molecular flexibility index (Phi) is 3.72. The summed E-state index contributed by atoms with van der Waals surface area (Å²) in [6, 6.07) is 6.25. The fourth-order valence-corrected chi connectivity index (χ4v) is 2.77. The number of aromatic nitrogens is 1. The predicted octanol–water partition coefficient (Wildman–Crippen LogP) is 2.49. The molecule has 1 heterocycles. The minimum absolute atomic E-state index is 0.259. The number of pyridine rings is 1. The first-order chi connectivity index (χ1) is 8.90. The minimum atomic E-state index is -4.15. The molecule has 0 bridgehead atoms. The average Bonchev–Trinajstić information content (AvgIpc) is 2.31. The smallest absolute Gasteiger partial charge is 0.266 e. The zero-order chi connectivity index (χ0) is 14.0. The molecule has 2 rings (SSSR count). The molecule has 0 unspecified atom stereocenters. The van der Waals surface area contributed by atoms with Crippen molar-refractivity contribution in [3.8, 4) is 5.75 Å². The van der Waals surface area contributed by atoms with Crippen molar-refractivity contribution < 1.29 is 17.9 Å². The molecule has 0 atom stereocenters. The molecular formula is C11H8BrFN2O3S. The van der Waals surface area contributed by atoms with Crippen molar-refractivity contribution in [2.24, 2.45) is 0 Å². The number of rotatable bonds is 3. The van der Waals surface area contributed by atoms with E-state index < -0.39 is 20.7 Å². The number of sulfonamides is 1. The molecule has 0 fully saturated rings. The number of nitrogens with one attached hydrogen (secondary N) is 1. The number of benzene rings is 1. The van der Waals surface area contributed by atoms with Crippen molar-refractivity contribution in [2.45, 2.75) is 4.90 Å². The van der Waals surface area contributed by atoms with Gasteiger partial charge in [-0.25, -0.2) is 17.8 Å². The zero-order valence-electron chi connectivity index (χ0n) is 9.34. The Bertz CT molecular complexity index is 722. The predicted molar refractivity (Wildman–Crippen MR) is 70.8 cm³/mol. The lowest BCUT2D eigenvalue weighted by Gasteiger charge is -2.09. The standard InChI is InChI=1S/C11H8BrFN2O3S/c12-7-3-4-10(8(13)6-7)19(17,18)15-11-9(16)2-1-5-14-11/h1-6,16H,(H,14,15). The van der Waals surface area contributed by atoms with E-state index in [4.69, 9.17) is 0 Å².